The maximum atomic E-state index is 10.3. The highest BCUT2D eigenvalue weighted by Crippen LogP contribution is 2.27. The first-order valence-corrected chi connectivity index (χ1v) is 11.6. The van der Waals surface area contributed by atoms with Crippen molar-refractivity contribution in [2.24, 2.45) is 0 Å². The molecule has 0 fully saturated rings. The van der Waals surface area contributed by atoms with Crippen LogP contribution in [0, 0.1) is 0 Å². The minimum absolute atomic E-state index is 0.268. The van der Waals surface area contributed by atoms with Gasteiger partial charge in [0.25, 0.3) is 0 Å². The summed E-state index contributed by atoms with van der Waals surface area (Å²) in [5, 5.41) is 27.3. The Balaban J connectivity index is 2.20. The summed E-state index contributed by atoms with van der Waals surface area (Å²) in [6.07, 6.45) is 15.4. The molecule has 0 saturated heterocycles. The molecule has 1 aromatic carbocycles. The maximum Gasteiger partial charge on any atom is 0.120 e. The van der Waals surface area contributed by atoms with Crippen LogP contribution in [-0.4, -0.2) is 23.3 Å². The molecular formula is C24H44N2O2. The first-order chi connectivity index (χ1) is 13.7. The number of benzene rings is 1. The normalized spacial score (nSPS) is 11.2. The molecule has 0 aromatic heterocycles. The van der Waals surface area contributed by atoms with Gasteiger partial charge >= 0.3 is 0 Å². The van der Waals surface area contributed by atoms with Crippen LogP contribution >= 0.6 is 0 Å². The molecule has 0 radical (unpaired) electrons. The molecule has 0 spiro atoms. The lowest BCUT2D eigenvalue weighted by Crippen LogP contribution is -2.16. The van der Waals surface area contributed by atoms with E-state index in [1.165, 1.54) is 64.2 Å². The molecule has 0 saturated carbocycles. The van der Waals surface area contributed by atoms with Crippen molar-refractivity contribution in [2.45, 2.75) is 104 Å². The number of phenolic OH excluding ortho intramolecular Hbond substituents is 2. The minimum Gasteiger partial charge on any atom is -0.508 e. The molecular weight excluding hydrogens is 348 g/mol. The van der Waals surface area contributed by atoms with Gasteiger partial charge in [0, 0.05) is 24.2 Å². The maximum absolute atomic E-state index is 10.3. The fourth-order valence-corrected chi connectivity index (χ4v) is 3.45. The van der Waals surface area contributed by atoms with Crippen molar-refractivity contribution in [1.29, 1.82) is 0 Å². The van der Waals surface area contributed by atoms with E-state index in [0.29, 0.717) is 13.1 Å². The quantitative estimate of drug-likeness (QED) is 0.183. The summed E-state index contributed by atoms with van der Waals surface area (Å²) >= 11 is 0. The van der Waals surface area contributed by atoms with E-state index in [1.807, 2.05) is 0 Å². The molecule has 28 heavy (non-hydrogen) atoms. The molecule has 0 aliphatic carbocycles. The Morgan fingerprint density at radius 1 is 0.571 bits per heavy atom. The average Bonchev–Trinajstić information content (AvgIpc) is 2.69. The van der Waals surface area contributed by atoms with Crippen LogP contribution in [0.5, 0.6) is 11.5 Å². The van der Waals surface area contributed by atoms with Crippen molar-refractivity contribution >= 4 is 0 Å². The van der Waals surface area contributed by atoms with E-state index in [1.54, 1.807) is 12.1 Å². The summed E-state index contributed by atoms with van der Waals surface area (Å²) in [6.45, 7) is 7.57. The highest BCUT2D eigenvalue weighted by Gasteiger charge is 2.08. The molecule has 4 heteroatoms. The summed E-state index contributed by atoms with van der Waals surface area (Å²) in [4.78, 5) is 0. The van der Waals surface area contributed by atoms with E-state index in [9.17, 15) is 10.2 Å². The van der Waals surface area contributed by atoms with E-state index < -0.39 is 0 Å². The second-order valence-corrected chi connectivity index (χ2v) is 8.00. The van der Waals surface area contributed by atoms with Gasteiger partial charge in [-0.25, -0.2) is 0 Å². The molecule has 1 rings (SSSR count). The van der Waals surface area contributed by atoms with Crippen molar-refractivity contribution in [2.75, 3.05) is 13.1 Å². The highest BCUT2D eigenvalue weighted by molar-refractivity contribution is 5.45. The molecule has 0 aliphatic heterocycles. The van der Waals surface area contributed by atoms with Crippen LogP contribution in [0.4, 0.5) is 0 Å². The predicted octanol–water partition coefficient (Wildman–Crippen LogP) is 6.00. The zero-order valence-electron chi connectivity index (χ0n) is 18.4. The van der Waals surface area contributed by atoms with Crippen molar-refractivity contribution in [3.8, 4) is 11.5 Å². The zero-order valence-corrected chi connectivity index (χ0v) is 18.4. The molecule has 162 valence electrons. The first kappa shape index (κ1) is 24.8. The van der Waals surface area contributed by atoms with E-state index in [4.69, 9.17) is 0 Å². The number of phenols is 2. The van der Waals surface area contributed by atoms with Crippen LogP contribution in [0.3, 0.4) is 0 Å². The highest BCUT2D eigenvalue weighted by atomic mass is 16.3. The lowest BCUT2D eigenvalue weighted by atomic mass is 10.1. The Labute approximate surface area is 173 Å². The Morgan fingerprint density at radius 3 is 1.32 bits per heavy atom. The molecule has 4 N–H and O–H groups in total. The summed E-state index contributed by atoms with van der Waals surface area (Å²) < 4.78 is 0. The van der Waals surface area contributed by atoms with Gasteiger partial charge in [0.2, 0.25) is 0 Å². The van der Waals surface area contributed by atoms with Crippen molar-refractivity contribution < 1.29 is 10.2 Å². The van der Waals surface area contributed by atoms with Gasteiger partial charge in [-0.15, -0.1) is 0 Å². The zero-order chi connectivity index (χ0) is 20.5. The van der Waals surface area contributed by atoms with E-state index >= 15 is 0 Å². The van der Waals surface area contributed by atoms with E-state index in [0.717, 1.165) is 37.1 Å². The third kappa shape index (κ3) is 11.6. The molecule has 0 bridgehead atoms. The van der Waals surface area contributed by atoms with Gasteiger partial charge in [-0.3, -0.25) is 0 Å². The molecule has 0 amide bonds. The largest absolute Gasteiger partial charge is 0.508 e. The SMILES string of the molecule is CCCCCCCCNCc1cc(O)c(CNCCCCCCCC)cc1O. The minimum atomic E-state index is 0.268. The summed E-state index contributed by atoms with van der Waals surface area (Å²) in [7, 11) is 0. The first-order valence-electron chi connectivity index (χ1n) is 11.6. The third-order valence-corrected chi connectivity index (χ3v) is 5.33. The van der Waals surface area contributed by atoms with Crippen molar-refractivity contribution in [3.63, 3.8) is 0 Å². The van der Waals surface area contributed by atoms with E-state index in [2.05, 4.69) is 24.5 Å². The number of aromatic hydroxyl groups is 2. The predicted molar refractivity (Wildman–Crippen MR) is 120 cm³/mol. The molecule has 0 unspecified atom stereocenters. The second-order valence-electron chi connectivity index (χ2n) is 8.00. The second kappa shape index (κ2) is 16.7. The van der Waals surface area contributed by atoms with Gasteiger partial charge in [-0.1, -0.05) is 78.1 Å². The van der Waals surface area contributed by atoms with Crippen LogP contribution < -0.4 is 10.6 Å². The topological polar surface area (TPSA) is 64.5 Å². The average molecular weight is 393 g/mol. The van der Waals surface area contributed by atoms with Crippen LogP contribution in [0.1, 0.15) is 102 Å². The molecule has 0 aliphatic rings. The van der Waals surface area contributed by atoms with Crippen molar-refractivity contribution in [1.82, 2.24) is 10.6 Å². The van der Waals surface area contributed by atoms with Gasteiger partial charge in [0.05, 0.1) is 0 Å². The Bertz CT molecular complexity index is 460. The van der Waals surface area contributed by atoms with Crippen LogP contribution in [-0.2, 0) is 13.1 Å². The number of unbranched alkanes of at least 4 members (excludes halogenated alkanes) is 10. The van der Waals surface area contributed by atoms with Crippen LogP contribution in [0.15, 0.2) is 12.1 Å². The van der Waals surface area contributed by atoms with Gasteiger partial charge in [-0.05, 0) is 38.1 Å². The number of hydrogen-bond acceptors (Lipinski definition) is 4. The van der Waals surface area contributed by atoms with Crippen LogP contribution in [0.25, 0.3) is 0 Å². The number of rotatable bonds is 18. The van der Waals surface area contributed by atoms with Gasteiger partial charge in [0.1, 0.15) is 11.5 Å². The van der Waals surface area contributed by atoms with Crippen molar-refractivity contribution in [3.05, 3.63) is 23.3 Å². The van der Waals surface area contributed by atoms with Gasteiger partial charge in [0.15, 0.2) is 0 Å². The lowest BCUT2D eigenvalue weighted by molar-refractivity contribution is 0.442. The fourth-order valence-electron chi connectivity index (χ4n) is 3.45. The van der Waals surface area contributed by atoms with E-state index in [-0.39, 0.29) is 11.5 Å². The Morgan fingerprint density at radius 2 is 0.929 bits per heavy atom. The lowest BCUT2D eigenvalue weighted by Gasteiger charge is -2.12. The summed E-state index contributed by atoms with van der Waals surface area (Å²) in [5.74, 6) is 0.536. The third-order valence-electron chi connectivity index (χ3n) is 5.33. The smallest absolute Gasteiger partial charge is 0.120 e. The number of hydrogen-bond donors (Lipinski definition) is 4. The number of nitrogens with one attached hydrogen (secondary N) is 2. The van der Waals surface area contributed by atoms with Crippen LogP contribution in [0.2, 0.25) is 0 Å². The summed E-state index contributed by atoms with van der Waals surface area (Å²) in [6, 6.07) is 3.40. The Hall–Kier alpha value is -1.26. The standard InChI is InChI=1S/C24H44N2O2/c1-3-5-7-9-11-13-15-25-19-21-17-24(28)22(18-23(21)27)20-26-16-14-12-10-8-6-4-2/h17-18,25-28H,3-16,19-20H2,1-2H3. The molecule has 4 nitrogen and oxygen atoms in total. The monoisotopic (exact) mass is 392 g/mol. The molecule has 0 atom stereocenters. The van der Waals surface area contributed by atoms with Gasteiger partial charge in [-0.2, -0.15) is 0 Å². The molecule has 1 aromatic rings. The Kier molecular flexibility index (Phi) is 14.8. The van der Waals surface area contributed by atoms with Gasteiger partial charge < -0.3 is 20.8 Å². The summed E-state index contributed by atoms with van der Waals surface area (Å²) in [5.41, 5.74) is 1.53. The fraction of sp³-hybridized carbons (Fsp3) is 0.750. The molecule has 0 heterocycles.